The van der Waals surface area contributed by atoms with Crippen molar-refractivity contribution < 1.29 is 14.0 Å². The van der Waals surface area contributed by atoms with E-state index >= 15 is 0 Å². The summed E-state index contributed by atoms with van der Waals surface area (Å²) in [7, 11) is 0. The minimum absolute atomic E-state index is 0.0948. The number of anilines is 1. The summed E-state index contributed by atoms with van der Waals surface area (Å²) in [4.78, 5) is 28.3. The Morgan fingerprint density at radius 2 is 2.32 bits per heavy atom. The maximum Gasteiger partial charge on any atom is 0.226 e. The van der Waals surface area contributed by atoms with Crippen LogP contribution in [0.3, 0.4) is 0 Å². The predicted octanol–water partition coefficient (Wildman–Crippen LogP) is 1.93. The summed E-state index contributed by atoms with van der Waals surface area (Å²) in [6.07, 6.45) is 1.64. The summed E-state index contributed by atoms with van der Waals surface area (Å²) < 4.78 is 13.0. The van der Waals surface area contributed by atoms with Gasteiger partial charge in [-0.15, -0.1) is 0 Å². The molecule has 1 aliphatic rings. The molecule has 0 aromatic carbocycles. The zero-order valence-electron chi connectivity index (χ0n) is 10.2. The van der Waals surface area contributed by atoms with E-state index in [2.05, 4.69) is 26.2 Å². The first-order valence-electron chi connectivity index (χ1n) is 5.96. The van der Waals surface area contributed by atoms with E-state index in [4.69, 9.17) is 0 Å². The van der Waals surface area contributed by atoms with Crippen LogP contribution in [0.5, 0.6) is 0 Å². The van der Waals surface area contributed by atoms with E-state index in [0.717, 1.165) is 6.42 Å². The standard InChI is InChI=1S/C12H13BrFN3O2/c13-12-8(3-4-9(14)16-12)15-10(18)5-7-17-6-1-2-11(17)19/h3-4H,1-2,5-7H2,(H,15,18). The highest BCUT2D eigenvalue weighted by atomic mass is 79.9. The summed E-state index contributed by atoms with van der Waals surface area (Å²) in [5.41, 5.74) is 0.416. The molecule has 0 radical (unpaired) electrons. The van der Waals surface area contributed by atoms with Gasteiger partial charge in [0.05, 0.1) is 5.69 Å². The molecule has 1 aliphatic heterocycles. The van der Waals surface area contributed by atoms with Gasteiger partial charge in [-0.3, -0.25) is 9.59 Å². The van der Waals surface area contributed by atoms with Gasteiger partial charge in [0.15, 0.2) is 0 Å². The van der Waals surface area contributed by atoms with Crippen LogP contribution in [-0.4, -0.2) is 34.8 Å². The van der Waals surface area contributed by atoms with Gasteiger partial charge in [-0.05, 0) is 34.5 Å². The lowest BCUT2D eigenvalue weighted by atomic mass is 10.3. The zero-order valence-corrected chi connectivity index (χ0v) is 11.7. The maximum atomic E-state index is 12.8. The SMILES string of the molecule is O=C(CCN1CCCC1=O)Nc1ccc(F)nc1Br. The van der Waals surface area contributed by atoms with E-state index in [1.165, 1.54) is 12.1 Å². The number of pyridine rings is 1. The lowest BCUT2D eigenvalue weighted by Gasteiger charge is -2.15. The average molecular weight is 330 g/mol. The van der Waals surface area contributed by atoms with Gasteiger partial charge in [0, 0.05) is 25.9 Å². The Hall–Kier alpha value is -1.50. The number of nitrogens with zero attached hydrogens (tertiary/aromatic N) is 2. The van der Waals surface area contributed by atoms with Crippen LogP contribution in [0.15, 0.2) is 16.7 Å². The van der Waals surface area contributed by atoms with E-state index < -0.39 is 5.95 Å². The number of halogens is 2. The van der Waals surface area contributed by atoms with Crippen molar-refractivity contribution in [2.45, 2.75) is 19.3 Å². The number of amides is 2. The number of hydrogen-bond donors (Lipinski definition) is 1. The highest BCUT2D eigenvalue weighted by molar-refractivity contribution is 9.10. The number of aromatic nitrogens is 1. The first-order chi connectivity index (χ1) is 9.06. The van der Waals surface area contributed by atoms with Gasteiger partial charge in [-0.25, -0.2) is 4.98 Å². The maximum absolute atomic E-state index is 12.8. The Morgan fingerprint density at radius 3 is 2.95 bits per heavy atom. The van der Waals surface area contributed by atoms with E-state index in [-0.39, 0.29) is 22.8 Å². The Bertz CT molecular complexity index is 510. The fraction of sp³-hybridized carbons (Fsp3) is 0.417. The molecule has 0 unspecified atom stereocenters. The molecule has 102 valence electrons. The first-order valence-corrected chi connectivity index (χ1v) is 6.75. The molecule has 2 rings (SSSR count). The molecule has 19 heavy (non-hydrogen) atoms. The van der Waals surface area contributed by atoms with Crippen molar-refractivity contribution in [1.29, 1.82) is 0 Å². The lowest BCUT2D eigenvalue weighted by molar-refractivity contribution is -0.128. The number of rotatable bonds is 4. The predicted molar refractivity (Wildman–Crippen MR) is 71.0 cm³/mol. The van der Waals surface area contributed by atoms with E-state index in [1.54, 1.807) is 4.90 Å². The van der Waals surface area contributed by atoms with Crippen LogP contribution >= 0.6 is 15.9 Å². The number of hydrogen-bond acceptors (Lipinski definition) is 3. The van der Waals surface area contributed by atoms with Gasteiger partial charge in [-0.1, -0.05) is 0 Å². The number of nitrogens with one attached hydrogen (secondary N) is 1. The molecular weight excluding hydrogens is 317 g/mol. The van der Waals surface area contributed by atoms with E-state index in [1.807, 2.05) is 0 Å². The van der Waals surface area contributed by atoms with Gasteiger partial charge >= 0.3 is 0 Å². The summed E-state index contributed by atoms with van der Waals surface area (Å²) in [5.74, 6) is -0.751. The minimum atomic E-state index is -0.618. The van der Waals surface area contributed by atoms with Crippen molar-refractivity contribution in [3.05, 3.63) is 22.7 Å². The summed E-state index contributed by atoms with van der Waals surface area (Å²) in [6, 6.07) is 2.61. The largest absolute Gasteiger partial charge is 0.342 e. The van der Waals surface area contributed by atoms with Crippen molar-refractivity contribution in [2.75, 3.05) is 18.4 Å². The topological polar surface area (TPSA) is 62.3 Å². The van der Waals surface area contributed by atoms with Gasteiger partial charge in [0.2, 0.25) is 17.8 Å². The molecule has 1 aromatic heterocycles. The van der Waals surface area contributed by atoms with Crippen LogP contribution in [0.1, 0.15) is 19.3 Å². The van der Waals surface area contributed by atoms with Crippen molar-refractivity contribution >= 4 is 33.4 Å². The lowest BCUT2D eigenvalue weighted by Crippen LogP contribution is -2.28. The molecule has 2 heterocycles. The second-order valence-electron chi connectivity index (χ2n) is 4.25. The number of likely N-dealkylation sites (tertiary alicyclic amines) is 1. The Kier molecular flexibility index (Phi) is 4.47. The van der Waals surface area contributed by atoms with Crippen LogP contribution in [0.4, 0.5) is 10.1 Å². The fourth-order valence-electron chi connectivity index (χ4n) is 1.90. The molecule has 1 saturated heterocycles. The van der Waals surface area contributed by atoms with E-state index in [0.29, 0.717) is 25.2 Å². The fourth-order valence-corrected chi connectivity index (χ4v) is 2.30. The van der Waals surface area contributed by atoms with Crippen molar-refractivity contribution in [3.63, 3.8) is 0 Å². The molecule has 5 nitrogen and oxygen atoms in total. The molecule has 0 saturated carbocycles. The summed E-state index contributed by atoms with van der Waals surface area (Å²) in [6.45, 7) is 1.13. The molecule has 0 spiro atoms. The van der Waals surface area contributed by atoms with Crippen LogP contribution in [0.25, 0.3) is 0 Å². The van der Waals surface area contributed by atoms with Gasteiger partial charge < -0.3 is 10.2 Å². The molecule has 7 heteroatoms. The monoisotopic (exact) mass is 329 g/mol. The number of carbonyl (C=O) groups is 2. The first kappa shape index (κ1) is 13.9. The zero-order chi connectivity index (χ0) is 13.8. The third-order valence-corrected chi connectivity index (χ3v) is 3.47. The van der Waals surface area contributed by atoms with Gasteiger partial charge in [0.25, 0.3) is 0 Å². The van der Waals surface area contributed by atoms with Gasteiger partial charge in [0.1, 0.15) is 4.60 Å². The van der Waals surface area contributed by atoms with Crippen LogP contribution < -0.4 is 5.32 Å². The summed E-state index contributed by atoms with van der Waals surface area (Å²) >= 11 is 3.07. The Balaban J connectivity index is 1.85. The van der Waals surface area contributed by atoms with E-state index in [9.17, 15) is 14.0 Å². The van der Waals surface area contributed by atoms with Crippen molar-refractivity contribution in [3.8, 4) is 0 Å². The Labute approximate surface area is 118 Å². The molecule has 1 N–H and O–H groups in total. The summed E-state index contributed by atoms with van der Waals surface area (Å²) in [5, 5.41) is 2.62. The molecule has 0 bridgehead atoms. The average Bonchev–Trinajstić information content (AvgIpc) is 2.76. The smallest absolute Gasteiger partial charge is 0.226 e. The second kappa shape index (κ2) is 6.10. The highest BCUT2D eigenvalue weighted by Crippen LogP contribution is 2.20. The molecule has 1 fully saturated rings. The molecule has 0 atom stereocenters. The normalized spacial score (nSPS) is 14.8. The van der Waals surface area contributed by atoms with Crippen LogP contribution in [-0.2, 0) is 9.59 Å². The van der Waals surface area contributed by atoms with Crippen molar-refractivity contribution in [1.82, 2.24) is 9.88 Å². The van der Waals surface area contributed by atoms with Crippen LogP contribution in [0, 0.1) is 5.95 Å². The van der Waals surface area contributed by atoms with Gasteiger partial charge in [-0.2, -0.15) is 4.39 Å². The van der Waals surface area contributed by atoms with Crippen LogP contribution in [0.2, 0.25) is 0 Å². The molecule has 1 aromatic rings. The molecule has 2 amide bonds. The second-order valence-corrected chi connectivity index (χ2v) is 5.01. The van der Waals surface area contributed by atoms with Crippen molar-refractivity contribution in [2.24, 2.45) is 0 Å². The molecular formula is C12H13BrFN3O2. The molecule has 0 aliphatic carbocycles. The third-order valence-electron chi connectivity index (χ3n) is 2.87. The quantitative estimate of drug-likeness (QED) is 0.858. The highest BCUT2D eigenvalue weighted by Gasteiger charge is 2.20. The number of carbonyl (C=O) groups excluding carboxylic acids is 2. The minimum Gasteiger partial charge on any atom is -0.342 e. The third kappa shape index (κ3) is 3.73. The Morgan fingerprint density at radius 1 is 1.53 bits per heavy atom.